The van der Waals surface area contributed by atoms with Crippen LogP contribution in [0.2, 0.25) is 0 Å². The number of carboxylic acid groups (broad SMARTS) is 1. The van der Waals surface area contributed by atoms with Crippen molar-refractivity contribution in [2.45, 2.75) is 0 Å². The van der Waals surface area contributed by atoms with Crippen molar-refractivity contribution in [3.05, 3.63) is 52.2 Å². The van der Waals surface area contributed by atoms with Crippen LogP contribution in [0.1, 0.15) is 15.2 Å². The molecule has 1 heterocycles. The summed E-state index contributed by atoms with van der Waals surface area (Å²) in [5.74, 6) is -0.970. The van der Waals surface area contributed by atoms with E-state index in [9.17, 15) is 4.79 Å². The fourth-order valence-corrected chi connectivity index (χ4v) is 2.31. The van der Waals surface area contributed by atoms with E-state index in [4.69, 9.17) is 17.3 Å². The van der Waals surface area contributed by atoms with E-state index in [0.717, 1.165) is 4.88 Å². The lowest BCUT2D eigenvalue weighted by Gasteiger charge is -2.08. The molecule has 0 saturated heterocycles. The molecule has 86 valence electrons. The zero-order valence-electron chi connectivity index (χ0n) is 8.71. The molecule has 5 heteroatoms. The van der Waals surface area contributed by atoms with Gasteiger partial charge in [-0.1, -0.05) is 30.4 Å². The van der Waals surface area contributed by atoms with Crippen molar-refractivity contribution < 1.29 is 9.90 Å². The number of carboxylic acids is 1. The number of para-hydroxylation sites is 1. The Kier molecular flexibility index (Phi) is 3.51. The largest absolute Gasteiger partial charge is 0.478 e. The van der Waals surface area contributed by atoms with Gasteiger partial charge < -0.3 is 10.4 Å². The van der Waals surface area contributed by atoms with Crippen LogP contribution in [0.25, 0.3) is 0 Å². The number of rotatable bonds is 3. The molecule has 0 unspecified atom stereocenters. The number of hydrogen-bond donors (Lipinski definition) is 2. The Morgan fingerprint density at radius 1 is 1.24 bits per heavy atom. The number of aromatic carboxylic acids is 1. The molecule has 3 nitrogen and oxygen atoms in total. The molecule has 0 amide bonds. The van der Waals surface area contributed by atoms with Crippen LogP contribution in [0.3, 0.4) is 0 Å². The molecule has 0 radical (unpaired) electrons. The molecule has 0 spiro atoms. The minimum Gasteiger partial charge on any atom is -0.478 e. The molecular formula is C12H9NO2S2. The van der Waals surface area contributed by atoms with E-state index < -0.39 is 5.97 Å². The van der Waals surface area contributed by atoms with Crippen LogP contribution >= 0.6 is 23.6 Å². The number of benzene rings is 1. The zero-order valence-corrected chi connectivity index (χ0v) is 10.3. The maximum absolute atomic E-state index is 11.0. The molecule has 0 saturated carbocycles. The second-order valence-corrected chi connectivity index (χ2v) is 4.64. The topological polar surface area (TPSA) is 49.3 Å². The summed E-state index contributed by atoms with van der Waals surface area (Å²) >= 11 is 6.72. The van der Waals surface area contributed by atoms with Crippen molar-refractivity contribution >= 4 is 40.2 Å². The van der Waals surface area contributed by atoms with Gasteiger partial charge in [0.25, 0.3) is 0 Å². The molecule has 0 fully saturated rings. The van der Waals surface area contributed by atoms with Crippen molar-refractivity contribution in [1.29, 1.82) is 0 Å². The van der Waals surface area contributed by atoms with Crippen molar-refractivity contribution in [2.24, 2.45) is 0 Å². The first kappa shape index (κ1) is 11.8. The number of nitrogens with one attached hydrogen (secondary N) is 1. The Labute approximate surface area is 108 Å². The van der Waals surface area contributed by atoms with Gasteiger partial charge in [0.15, 0.2) is 0 Å². The van der Waals surface area contributed by atoms with E-state index in [-0.39, 0.29) is 5.56 Å². The molecule has 2 N–H and O–H groups in total. The van der Waals surface area contributed by atoms with Crippen LogP contribution < -0.4 is 5.32 Å². The minimum atomic E-state index is -0.970. The summed E-state index contributed by atoms with van der Waals surface area (Å²) in [7, 11) is 0. The molecule has 0 aliphatic heterocycles. The first-order chi connectivity index (χ1) is 8.18. The predicted molar refractivity (Wildman–Crippen MR) is 73.0 cm³/mol. The maximum Gasteiger partial charge on any atom is 0.337 e. The van der Waals surface area contributed by atoms with Crippen molar-refractivity contribution in [3.63, 3.8) is 0 Å². The van der Waals surface area contributed by atoms with Crippen LogP contribution in [0.15, 0.2) is 41.8 Å². The van der Waals surface area contributed by atoms with Gasteiger partial charge >= 0.3 is 5.97 Å². The standard InChI is InChI=1S/C12H9NO2S2/c14-12(15)8-4-1-2-5-9(8)13-11(16)10-6-3-7-17-10/h1-7H,(H,13,16)(H,14,15). The highest BCUT2D eigenvalue weighted by atomic mass is 32.1. The van der Waals surface area contributed by atoms with Gasteiger partial charge in [-0.15, -0.1) is 11.3 Å². The molecular weight excluding hydrogens is 254 g/mol. The van der Waals surface area contributed by atoms with Gasteiger partial charge in [0.1, 0.15) is 4.99 Å². The van der Waals surface area contributed by atoms with Gasteiger partial charge in [0, 0.05) is 0 Å². The Morgan fingerprint density at radius 3 is 2.65 bits per heavy atom. The third-order valence-corrected chi connectivity index (χ3v) is 3.49. The van der Waals surface area contributed by atoms with Gasteiger partial charge in [-0.25, -0.2) is 4.79 Å². The van der Waals surface area contributed by atoms with E-state index in [1.54, 1.807) is 24.3 Å². The minimum absolute atomic E-state index is 0.214. The molecule has 2 aromatic rings. The zero-order chi connectivity index (χ0) is 12.3. The Hall–Kier alpha value is -1.72. The Balaban J connectivity index is 2.25. The van der Waals surface area contributed by atoms with Crippen LogP contribution in [0, 0.1) is 0 Å². The van der Waals surface area contributed by atoms with Gasteiger partial charge in [-0.2, -0.15) is 0 Å². The highest BCUT2D eigenvalue weighted by Crippen LogP contribution is 2.18. The maximum atomic E-state index is 11.0. The van der Waals surface area contributed by atoms with Crippen molar-refractivity contribution in [1.82, 2.24) is 0 Å². The first-order valence-corrected chi connectivity index (χ1v) is 6.14. The lowest BCUT2D eigenvalue weighted by Crippen LogP contribution is -2.12. The molecule has 1 aromatic carbocycles. The average molecular weight is 263 g/mol. The quantitative estimate of drug-likeness (QED) is 0.835. The van der Waals surface area contributed by atoms with E-state index in [0.29, 0.717) is 10.7 Å². The van der Waals surface area contributed by atoms with Gasteiger partial charge in [-0.3, -0.25) is 0 Å². The Bertz CT molecular complexity index is 549. The van der Waals surface area contributed by atoms with Crippen LogP contribution in [0.4, 0.5) is 5.69 Å². The lowest BCUT2D eigenvalue weighted by atomic mass is 10.2. The lowest BCUT2D eigenvalue weighted by molar-refractivity contribution is 0.0698. The summed E-state index contributed by atoms with van der Waals surface area (Å²) in [6.07, 6.45) is 0. The normalized spacial score (nSPS) is 9.88. The van der Waals surface area contributed by atoms with E-state index in [1.165, 1.54) is 11.3 Å². The van der Waals surface area contributed by atoms with Gasteiger partial charge in [0.05, 0.1) is 16.1 Å². The fraction of sp³-hybridized carbons (Fsp3) is 0. The average Bonchev–Trinajstić information content (AvgIpc) is 2.83. The third-order valence-electron chi connectivity index (χ3n) is 2.15. The van der Waals surface area contributed by atoms with Gasteiger partial charge in [-0.05, 0) is 23.6 Å². The summed E-state index contributed by atoms with van der Waals surface area (Å²) < 4.78 is 0. The molecule has 2 rings (SSSR count). The number of hydrogen-bond acceptors (Lipinski definition) is 3. The number of thiophene rings is 1. The van der Waals surface area contributed by atoms with Crippen molar-refractivity contribution in [3.8, 4) is 0 Å². The van der Waals surface area contributed by atoms with Crippen LogP contribution in [-0.2, 0) is 0 Å². The van der Waals surface area contributed by atoms with E-state index in [1.807, 2.05) is 17.5 Å². The summed E-state index contributed by atoms with van der Waals surface area (Å²) in [5, 5.41) is 13.9. The van der Waals surface area contributed by atoms with Crippen LogP contribution in [-0.4, -0.2) is 16.1 Å². The molecule has 0 bridgehead atoms. The molecule has 0 atom stereocenters. The molecule has 17 heavy (non-hydrogen) atoms. The Morgan fingerprint density at radius 2 is 2.00 bits per heavy atom. The molecule has 0 aliphatic rings. The summed E-state index contributed by atoms with van der Waals surface area (Å²) in [6.45, 7) is 0. The number of carbonyl (C=O) groups is 1. The van der Waals surface area contributed by atoms with Crippen LogP contribution in [0.5, 0.6) is 0 Å². The van der Waals surface area contributed by atoms with E-state index >= 15 is 0 Å². The highest BCUT2D eigenvalue weighted by Gasteiger charge is 2.10. The van der Waals surface area contributed by atoms with E-state index in [2.05, 4.69) is 5.32 Å². The summed E-state index contributed by atoms with van der Waals surface area (Å²) in [5.41, 5.74) is 0.727. The van der Waals surface area contributed by atoms with Crippen molar-refractivity contribution in [2.75, 3.05) is 5.32 Å². The number of thiocarbonyl (C=S) groups is 1. The SMILES string of the molecule is O=C(O)c1ccccc1NC(=S)c1cccs1. The predicted octanol–water partition coefficient (Wildman–Crippen LogP) is 3.23. The summed E-state index contributed by atoms with van der Waals surface area (Å²) in [4.78, 5) is 12.5. The highest BCUT2D eigenvalue weighted by molar-refractivity contribution is 7.81. The fourth-order valence-electron chi connectivity index (χ4n) is 1.37. The number of anilines is 1. The smallest absolute Gasteiger partial charge is 0.337 e. The monoisotopic (exact) mass is 263 g/mol. The molecule has 1 aromatic heterocycles. The molecule has 0 aliphatic carbocycles. The summed E-state index contributed by atoms with van der Waals surface area (Å²) in [6, 6.07) is 10.5. The first-order valence-electron chi connectivity index (χ1n) is 4.85. The van der Waals surface area contributed by atoms with Gasteiger partial charge in [0.2, 0.25) is 0 Å². The second-order valence-electron chi connectivity index (χ2n) is 3.28. The second kappa shape index (κ2) is 5.07. The third kappa shape index (κ3) is 2.69.